The van der Waals surface area contributed by atoms with E-state index in [1.807, 2.05) is 48.0 Å². The van der Waals surface area contributed by atoms with E-state index in [0.717, 1.165) is 25.7 Å². The molecule has 0 bridgehead atoms. The van der Waals surface area contributed by atoms with Crippen LogP contribution >= 0.6 is 0 Å². The molecule has 0 radical (unpaired) electrons. The molecule has 3 amide bonds. The van der Waals surface area contributed by atoms with Gasteiger partial charge >= 0.3 is 0 Å². The first-order valence-corrected chi connectivity index (χ1v) is 13.9. The first kappa shape index (κ1) is 26.9. The van der Waals surface area contributed by atoms with Crippen molar-refractivity contribution in [3.05, 3.63) is 24.3 Å². The number of aliphatic hydroxyl groups excluding tert-OH is 1. The minimum atomic E-state index is -1.18. The van der Waals surface area contributed by atoms with E-state index in [4.69, 9.17) is 4.74 Å². The molecule has 1 N–H and O–H groups in total. The van der Waals surface area contributed by atoms with Crippen molar-refractivity contribution in [1.82, 2.24) is 14.7 Å². The molecule has 4 rings (SSSR count). The van der Waals surface area contributed by atoms with Crippen LogP contribution in [0.4, 0.5) is 0 Å². The molecule has 5 atom stereocenters. The maximum absolute atomic E-state index is 14.2. The standard InChI is InChI=1S/C28H43N3O5/c1-4-7-8-16-30-18-12-14-28-22(25(34)31(19-9-10-20-32)23(28)26(30)35)21-24(33)29(15-5-2)17-11-13-27(21,6-3)36-28/h11-14,21-23,32H,4-10,15-20H2,1-3H3/t21-,22+,23?,27+,28+/m1/s1. The summed E-state index contributed by atoms with van der Waals surface area (Å²) in [6.45, 7) is 8.81. The maximum Gasteiger partial charge on any atom is 0.249 e. The van der Waals surface area contributed by atoms with E-state index in [0.29, 0.717) is 52.0 Å². The van der Waals surface area contributed by atoms with E-state index in [9.17, 15) is 19.5 Å². The van der Waals surface area contributed by atoms with Gasteiger partial charge in [0.05, 0.1) is 17.4 Å². The lowest BCUT2D eigenvalue weighted by atomic mass is 9.73. The van der Waals surface area contributed by atoms with Gasteiger partial charge in [-0.25, -0.2) is 0 Å². The van der Waals surface area contributed by atoms with Crippen LogP contribution in [-0.4, -0.2) is 94.1 Å². The summed E-state index contributed by atoms with van der Waals surface area (Å²) in [5, 5.41) is 9.35. The monoisotopic (exact) mass is 501 g/mol. The summed E-state index contributed by atoms with van der Waals surface area (Å²) < 4.78 is 6.95. The predicted molar refractivity (Wildman–Crippen MR) is 137 cm³/mol. The third-order valence-corrected chi connectivity index (χ3v) is 8.44. The fourth-order valence-corrected chi connectivity index (χ4v) is 6.72. The summed E-state index contributed by atoms with van der Waals surface area (Å²) in [6.07, 6.45) is 13.4. The predicted octanol–water partition coefficient (Wildman–Crippen LogP) is 2.52. The Morgan fingerprint density at radius 1 is 0.833 bits per heavy atom. The van der Waals surface area contributed by atoms with Crippen LogP contribution in [0.3, 0.4) is 0 Å². The Balaban J connectivity index is 1.79. The zero-order valence-corrected chi connectivity index (χ0v) is 22.2. The number of amides is 3. The molecule has 0 aromatic carbocycles. The van der Waals surface area contributed by atoms with Crippen molar-refractivity contribution in [2.24, 2.45) is 11.8 Å². The first-order valence-electron chi connectivity index (χ1n) is 13.9. The van der Waals surface area contributed by atoms with Crippen LogP contribution in [0.25, 0.3) is 0 Å². The second kappa shape index (κ2) is 11.1. The molecule has 4 aliphatic rings. The Kier molecular flexibility index (Phi) is 8.25. The highest BCUT2D eigenvalue weighted by molar-refractivity contribution is 6.00. The van der Waals surface area contributed by atoms with Crippen LogP contribution in [0.5, 0.6) is 0 Å². The molecular weight excluding hydrogens is 458 g/mol. The van der Waals surface area contributed by atoms with Crippen LogP contribution in [-0.2, 0) is 19.1 Å². The largest absolute Gasteiger partial charge is 0.396 e. The SMILES string of the molecule is CCCCCN1CC=C[C@]23O[C@@]4(CC)C=CCN(CCC)C(=O)[C@H]4[C@H]2C(=O)N(CCCCO)C3C1=O. The third-order valence-electron chi connectivity index (χ3n) is 8.44. The number of hydrogen-bond donors (Lipinski definition) is 1. The zero-order chi connectivity index (χ0) is 25.9. The van der Waals surface area contributed by atoms with Crippen LogP contribution in [0.1, 0.15) is 65.7 Å². The number of carbonyl (C=O) groups is 3. The van der Waals surface area contributed by atoms with Gasteiger partial charge in [-0.2, -0.15) is 0 Å². The van der Waals surface area contributed by atoms with Gasteiger partial charge in [0.2, 0.25) is 17.7 Å². The molecule has 2 fully saturated rings. The van der Waals surface area contributed by atoms with E-state index in [1.165, 1.54) is 0 Å². The quantitative estimate of drug-likeness (QED) is 0.347. The number of carbonyl (C=O) groups excluding carboxylic acids is 3. The van der Waals surface area contributed by atoms with Crippen LogP contribution in [0.15, 0.2) is 24.3 Å². The molecular formula is C28H43N3O5. The molecule has 1 unspecified atom stereocenters. The molecule has 8 heteroatoms. The highest BCUT2D eigenvalue weighted by Crippen LogP contribution is 2.58. The number of ether oxygens (including phenoxy) is 1. The van der Waals surface area contributed by atoms with Crippen LogP contribution in [0.2, 0.25) is 0 Å². The molecule has 4 aliphatic heterocycles. The van der Waals surface area contributed by atoms with Crippen molar-refractivity contribution in [2.75, 3.05) is 39.3 Å². The summed E-state index contributed by atoms with van der Waals surface area (Å²) in [6, 6.07) is -0.801. The average Bonchev–Trinajstić information content (AvgIpc) is 3.16. The number of aliphatic hydroxyl groups is 1. The Bertz CT molecular complexity index is 904. The van der Waals surface area contributed by atoms with Gasteiger partial charge in [-0.05, 0) is 32.1 Å². The number of nitrogens with zero attached hydrogens (tertiary/aromatic N) is 3. The van der Waals surface area contributed by atoms with Crippen molar-refractivity contribution in [1.29, 1.82) is 0 Å². The van der Waals surface area contributed by atoms with E-state index in [2.05, 4.69) is 6.92 Å². The Morgan fingerprint density at radius 2 is 1.53 bits per heavy atom. The summed E-state index contributed by atoms with van der Waals surface area (Å²) in [4.78, 5) is 47.6. The van der Waals surface area contributed by atoms with Gasteiger partial charge in [0.1, 0.15) is 11.6 Å². The Hall–Kier alpha value is -2.19. The minimum Gasteiger partial charge on any atom is -0.396 e. The average molecular weight is 502 g/mol. The maximum atomic E-state index is 14.2. The second-order valence-corrected chi connectivity index (χ2v) is 10.7. The minimum absolute atomic E-state index is 0.0333. The highest BCUT2D eigenvalue weighted by Gasteiger charge is 2.75. The molecule has 36 heavy (non-hydrogen) atoms. The van der Waals surface area contributed by atoms with Gasteiger partial charge in [0.25, 0.3) is 0 Å². The van der Waals surface area contributed by atoms with Crippen molar-refractivity contribution >= 4 is 17.7 Å². The van der Waals surface area contributed by atoms with Gasteiger partial charge in [-0.3, -0.25) is 14.4 Å². The van der Waals surface area contributed by atoms with Crippen LogP contribution in [0, 0.1) is 11.8 Å². The van der Waals surface area contributed by atoms with Crippen molar-refractivity contribution < 1.29 is 24.2 Å². The molecule has 0 aromatic heterocycles. The lowest BCUT2D eigenvalue weighted by Crippen LogP contribution is -2.56. The Morgan fingerprint density at radius 3 is 2.19 bits per heavy atom. The highest BCUT2D eigenvalue weighted by atomic mass is 16.5. The van der Waals surface area contributed by atoms with Crippen molar-refractivity contribution in [2.45, 2.75) is 83.0 Å². The lowest BCUT2D eigenvalue weighted by Gasteiger charge is -2.38. The van der Waals surface area contributed by atoms with Crippen molar-refractivity contribution in [3.63, 3.8) is 0 Å². The van der Waals surface area contributed by atoms with Gasteiger partial charge in [0, 0.05) is 39.3 Å². The van der Waals surface area contributed by atoms with Gasteiger partial charge in [0.15, 0.2) is 0 Å². The van der Waals surface area contributed by atoms with Crippen molar-refractivity contribution in [3.8, 4) is 0 Å². The fraction of sp³-hybridized carbons (Fsp3) is 0.750. The molecule has 0 aromatic rings. The molecule has 200 valence electrons. The smallest absolute Gasteiger partial charge is 0.249 e. The van der Waals surface area contributed by atoms with Gasteiger partial charge in [-0.1, -0.05) is 57.9 Å². The lowest BCUT2D eigenvalue weighted by molar-refractivity contribution is -0.154. The van der Waals surface area contributed by atoms with E-state index in [1.54, 1.807) is 4.90 Å². The number of hydrogen-bond acceptors (Lipinski definition) is 5. The summed E-state index contributed by atoms with van der Waals surface area (Å²) in [5.74, 6) is -1.75. The van der Waals surface area contributed by atoms with Gasteiger partial charge in [-0.15, -0.1) is 0 Å². The first-order chi connectivity index (χ1) is 17.4. The van der Waals surface area contributed by atoms with Gasteiger partial charge < -0.3 is 24.5 Å². The molecule has 1 spiro atoms. The normalized spacial score (nSPS) is 33.6. The summed E-state index contributed by atoms with van der Waals surface area (Å²) in [7, 11) is 0. The van der Waals surface area contributed by atoms with E-state index in [-0.39, 0.29) is 24.3 Å². The Labute approximate surface area is 215 Å². The molecule has 8 nitrogen and oxygen atoms in total. The molecule has 2 saturated heterocycles. The topological polar surface area (TPSA) is 90.4 Å². The fourth-order valence-electron chi connectivity index (χ4n) is 6.72. The molecule has 0 aliphatic carbocycles. The number of rotatable bonds is 11. The van der Waals surface area contributed by atoms with E-state index < -0.39 is 29.1 Å². The summed E-state index contributed by atoms with van der Waals surface area (Å²) in [5.41, 5.74) is -2.10. The number of fused-ring (bicyclic) bond motifs is 2. The molecule has 0 saturated carbocycles. The summed E-state index contributed by atoms with van der Waals surface area (Å²) >= 11 is 0. The number of likely N-dealkylation sites (tertiary alicyclic amines) is 1. The number of unbranched alkanes of at least 4 members (excludes halogenated alkanes) is 3. The third kappa shape index (κ3) is 4.30. The molecule has 4 heterocycles. The second-order valence-electron chi connectivity index (χ2n) is 10.7. The van der Waals surface area contributed by atoms with E-state index >= 15 is 0 Å². The van der Waals surface area contributed by atoms with Crippen LogP contribution < -0.4 is 0 Å². The zero-order valence-electron chi connectivity index (χ0n) is 22.2.